The van der Waals surface area contributed by atoms with Gasteiger partial charge in [0.15, 0.2) is 6.54 Å². The minimum absolute atomic E-state index is 0.0102. The first-order valence-electron chi connectivity index (χ1n) is 8.39. The monoisotopic (exact) mass is 296 g/mol. The lowest BCUT2D eigenvalue weighted by Gasteiger charge is -2.35. The summed E-state index contributed by atoms with van der Waals surface area (Å²) < 4.78 is 0. The third-order valence-electron chi connectivity index (χ3n) is 5.56. The van der Waals surface area contributed by atoms with E-state index in [1.165, 1.54) is 17.7 Å². The molecule has 5 nitrogen and oxygen atoms in total. The van der Waals surface area contributed by atoms with Crippen LogP contribution in [0.15, 0.2) is 0 Å². The number of hydrogen-bond donors (Lipinski definition) is 3. The number of carbonyl (C=O) groups is 2. The molecule has 120 valence electrons. The summed E-state index contributed by atoms with van der Waals surface area (Å²) in [7, 11) is 0. The maximum atomic E-state index is 12.2. The Hall–Kier alpha value is -1.10. The number of piperidine rings is 1. The van der Waals surface area contributed by atoms with E-state index in [-0.39, 0.29) is 17.7 Å². The molecule has 1 aliphatic carbocycles. The number of quaternary nitrogens is 1. The summed E-state index contributed by atoms with van der Waals surface area (Å²) in [6, 6.07) is 0.337. The quantitative estimate of drug-likeness (QED) is 0.666. The van der Waals surface area contributed by atoms with Crippen LogP contribution < -0.4 is 16.0 Å². The van der Waals surface area contributed by atoms with Gasteiger partial charge in [-0.1, -0.05) is 26.7 Å². The summed E-state index contributed by atoms with van der Waals surface area (Å²) in [4.78, 5) is 24.6. The molecule has 2 aliphatic rings. The van der Waals surface area contributed by atoms with E-state index in [1.807, 2.05) is 0 Å². The highest BCUT2D eigenvalue weighted by Gasteiger charge is 2.30. The molecule has 0 spiro atoms. The van der Waals surface area contributed by atoms with Gasteiger partial charge in [-0.25, -0.2) is 0 Å². The molecule has 2 rings (SSSR count). The van der Waals surface area contributed by atoms with Crippen molar-refractivity contribution in [2.24, 2.45) is 23.5 Å². The highest BCUT2D eigenvalue weighted by atomic mass is 16.2. The molecule has 0 aromatic heterocycles. The highest BCUT2D eigenvalue weighted by Crippen LogP contribution is 2.29. The SMILES string of the molecule is C[C@@H]1[C@H](C)CCC[C@@H]1NC(=O)C[NH+]1CCC(C(N)=O)CC1. The van der Waals surface area contributed by atoms with Crippen LogP contribution in [0.4, 0.5) is 0 Å². The Balaban J connectivity index is 1.74. The maximum absolute atomic E-state index is 12.2. The van der Waals surface area contributed by atoms with E-state index in [0.29, 0.717) is 24.4 Å². The van der Waals surface area contributed by atoms with Crippen LogP contribution in [0.3, 0.4) is 0 Å². The van der Waals surface area contributed by atoms with Gasteiger partial charge < -0.3 is 16.0 Å². The summed E-state index contributed by atoms with van der Waals surface area (Å²) >= 11 is 0. The van der Waals surface area contributed by atoms with Crippen LogP contribution in [-0.2, 0) is 9.59 Å². The second-order valence-corrected chi connectivity index (χ2v) is 7.04. The Labute approximate surface area is 127 Å². The summed E-state index contributed by atoms with van der Waals surface area (Å²) in [5.74, 6) is 1.24. The first-order valence-corrected chi connectivity index (χ1v) is 8.39. The van der Waals surface area contributed by atoms with Crippen molar-refractivity contribution in [3.05, 3.63) is 0 Å². The van der Waals surface area contributed by atoms with Gasteiger partial charge in [-0.15, -0.1) is 0 Å². The van der Waals surface area contributed by atoms with Gasteiger partial charge in [0.25, 0.3) is 5.91 Å². The van der Waals surface area contributed by atoms with E-state index >= 15 is 0 Å². The van der Waals surface area contributed by atoms with Gasteiger partial charge in [-0.3, -0.25) is 9.59 Å². The van der Waals surface area contributed by atoms with E-state index < -0.39 is 0 Å². The summed E-state index contributed by atoms with van der Waals surface area (Å²) in [6.07, 6.45) is 5.23. The Morgan fingerprint density at radius 1 is 1.14 bits per heavy atom. The van der Waals surface area contributed by atoms with Crippen molar-refractivity contribution in [3.63, 3.8) is 0 Å². The average Bonchev–Trinajstić information content (AvgIpc) is 2.44. The van der Waals surface area contributed by atoms with Crippen LogP contribution in [0.25, 0.3) is 0 Å². The third-order valence-corrected chi connectivity index (χ3v) is 5.56. The zero-order chi connectivity index (χ0) is 15.4. The zero-order valence-corrected chi connectivity index (χ0v) is 13.4. The van der Waals surface area contributed by atoms with Crippen molar-refractivity contribution in [2.45, 2.75) is 52.0 Å². The van der Waals surface area contributed by atoms with Crippen molar-refractivity contribution in [1.82, 2.24) is 5.32 Å². The lowest BCUT2D eigenvalue weighted by Crippen LogP contribution is -3.14. The molecule has 1 aliphatic heterocycles. The van der Waals surface area contributed by atoms with Crippen molar-refractivity contribution in [2.75, 3.05) is 19.6 Å². The van der Waals surface area contributed by atoms with Gasteiger partial charge in [-0.05, 0) is 18.3 Å². The summed E-state index contributed by atoms with van der Waals surface area (Å²) in [5, 5.41) is 3.23. The van der Waals surface area contributed by atoms with Crippen molar-refractivity contribution < 1.29 is 14.5 Å². The second-order valence-electron chi connectivity index (χ2n) is 7.04. The van der Waals surface area contributed by atoms with E-state index in [0.717, 1.165) is 32.4 Å². The molecule has 2 amide bonds. The fourth-order valence-electron chi connectivity index (χ4n) is 3.76. The number of primary amides is 1. The lowest BCUT2D eigenvalue weighted by atomic mass is 9.78. The van der Waals surface area contributed by atoms with Crippen LogP contribution in [0.5, 0.6) is 0 Å². The number of nitrogens with two attached hydrogens (primary N) is 1. The molecule has 0 radical (unpaired) electrons. The van der Waals surface area contributed by atoms with Crippen LogP contribution in [0.2, 0.25) is 0 Å². The molecular formula is C16H30N3O2+. The van der Waals surface area contributed by atoms with Crippen LogP contribution in [0, 0.1) is 17.8 Å². The smallest absolute Gasteiger partial charge is 0.275 e. The van der Waals surface area contributed by atoms with Crippen LogP contribution in [0.1, 0.15) is 46.0 Å². The summed E-state index contributed by atoms with van der Waals surface area (Å²) in [5.41, 5.74) is 5.34. The lowest BCUT2D eigenvalue weighted by molar-refractivity contribution is -0.897. The second kappa shape index (κ2) is 7.25. The molecule has 0 aromatic rings. The molecule has 5 heteroatoms. The van der Waals surface area contributed by atoms with Crippen LogP contribution >= 0.6 is 0 Å². The van der Waals surface area contributed by atoms with Crippen molar-refractivity contribution in [3.8, 4) is 0 Å². The molecule has 21 heavy (non-hydrogen) atoms. The molecule has 3 atom stereocenters. The maximum Gasteiger partial charge on any atom is 0.275 e. The fourth-order valence-corrected chi connectivity index (χ4v) is 3.76. The van der Waals surface area contributed by atoms with E-state index in [4.69, 9.17) is 5.73 Å². The minimum atomic E-state index is -0.191. The predicted molar refractivity (Wildman–Crippen MR) is 81.6 cm³/mol. The first kappa shape index (κ1) is 16.3. The highest BCUT2D eigenvalue weighted by molar-refractivity contribution is 5.77. The number of amides is 2. The molecule has 0 unspecified atom stereocenters. The molecule has 0 aromatic carbocycles. The Morgan fingerprint density at radius 3 is 2.43 bits per heavy atom. The summed E-state index contributed by atoms with van der Waals surface area (Å²) in [6.45, 7) is 6.81. The number of carbonyl (C=O) groups excluding carboxylic acids is 2. The number of likely N-dealkylation sites (tertiary alicyclic amines) is 1. The normalized spacial score (nSPS) is 37.0. The minimum Gasteiger partial charge on any atom is -0.369 e. The fraction of sp³-hybridized carbons (Fsp3) is 0.875. The molecule has 1 heterocycles. The largest absolute Gasteiger partial charge is 0.369 e. The third kappa shape index (κ3) is 4.43. The van der Waals surface area contributed by atoms with Gasteiger partial charge in [0, 0.05) is 24.8 Å². The van der Waals surface area contributed by atoms with Crippen molar-refractivity contribution in [1.29, 1.82) is 0 Å². The number of hydrogen-bond acceptors (Lipinski definition) is 2. The van der Waals surface area contributed by atoms with Crippen molar-refractivity contribution >= 4 is 11.8 Å². The molecule has 1 saturated heterocycles. The van der Waals surface area contributed by atoms with E-state index in [2.05, 4.69) is 19.2 Å². The molecular weight excluding hydrogens is 266 g/mol. The average molecular weight is 296 g/mol. The first-order chi connectivity index (χ1) is 9.97. The Kier molecular flexibility index (Phi) is 5.62. The Morgan fingerprint density at radius 2 is 1.81 bits per heavy atom. The van der Waals surface area contributed by atoms with Gasteiger partial charge in [0.1, 0.15) is 0 Å². The molecule has 0 bridgehead atoms. The van der Waals surface area contributed by atoms with Gasteiger partial charge in [0.2, 0.25) is 5.91 Å². The zero-order valence-electron chi connectivity index (χ0n) is 13.4. The van der Waals surface area contributed by atoms with E-state index in [1.54, 1.807) is 0 Å². The molecule has 1 saturated carbocycles. The number of nitrogens with one attached hydrogen (secondary N) is 2. The van der Waals surface area contributed by atoms with Crippen LogP contribution in [-0.4, -0.2) is 37.5 Å². The van der Waals surface area contributed by atoms with Gasteiger partial charge in [0.05, 0.1) is 13.1 Å². The van der Waals surface area contributed by atoms with Gasteiger partial charge >= 0.3 is 0 Å². The standard InChI is InChI=1S/C16H29N3O2/c1-11-4-3-5-14(12(11)2)18-15(20)10-19-8-6-13(7-9-19)16(17)21/h11-14H,3-10H2,1-2H3,(H2,17,21)(H,18,20)/p+1/t11-,12-,14+/m1/s1. The Bertz CT molecular complexity index is 378. The van der Waals surface area contributed by atoms with E-state index in [9.17, 15) is 9.59 Å². The molecule has 4 N–H and O–H groups in total. The molecule has 2 fully saturated rings. The number of rotatable bonds is 4. The predicted octanol–water partition coefficient (Wildman–Crippen LogP) is -0.292. The topological polar surface area (TPSA) is 76.6 Å². The van der Waals surface area contributed by atoms with Gasteiger partial charge in [-0.2, -0.15) is 0 Å².